The second kappa shape index (κ2) is 9.52. The number of carbonyl (C=O) groups is 1. The molecule has 0 unspecified atom stereocenters. The summed E-state index contributed by atoms with van der Waals surface area (Å²) >= 11 is 1.24. The van der Waals surface area contributed by atoms with E-state index in [9.17, 15) is 25.0 Å². The highest BCUT2D eigenvalue weighted by molar-refractivity contribution is 7.22. The van der Waals surface area contributed by atoms with Crippen LogP contribution in [0, 0.1) is 20.2 Å². The Bertz CT molecular complexity index is 1180. The van der Waals surface area contributed by atoms with E-state index in [0.29, 0.717) is 28.7 Å². The third-order valence-corrected chi connectivity index (χ3v) is 5.73. The maximum absolute atomic E-state index is 13.4. The van der Waals surface area contributed by atoms with Gasteiger partial charge in [-0.1, -0.05) is 11.3 Å². The van der Waals surface area contributed by atoms with E-state index >= 15 is 0 Å². The van der Waals surface area contributed by atoms with Crippen LogP contribution >= 0.6 is 23.7 Å². The van der Waals surface area contributed by atoms with E-state index in [0.717, 1.165) is 22.9 Å². The Kier molecular flexibility index (Phi) is 6.95. The first-order chi connectivity index (χ1) is 15.2. The van der Waals surface area contributed by atoms with Crippen molar-refractivity contribution < 1.29 is 24.1 Å². The third kappa shape index (κ3) is 4.94. The number of fused-ring (bicyclic) bond motifs is 2. The Morgan fingerprint density at radius 3 is 2.21 bits per heavy atom. The summed E-state index contributed by atoms with van der Waals surface area (Å²) < 4.78 is 11.5. The van der Waals surface area contributed by atoms with Gasteiger partial charge in [-0.15, -0.1) is 12.4 Å². The summed E-state index contributed by atoms with van der Waals surface area (Å²) in [5, 5.41) is 22.8. The van der Waals surface area contributed by atoms with Crippen LogP contribution in [0.2, 0.25) is 0 Å². The molecule has 0 fully saturated rings. The zero-order valence-electron chi connectivity index (χ0n) is 17.4. The number of non-ortho nitro benzene ring substituents is 2. The van der Waals surface area contributed by atoms with Gasteiger partial charge in [-0.2, -0.15) is 0 Å². The van der Waals surface area contributed by atoms with Gasteiger partial charge in [-0.3, -0.25) is 29.9 Å². The molecule has 2 heterocycles. The number of nitro benzene ring substituents is 2. The minimum absolute atomic E-state index is 0. The first-order valence-corrected chi connectivity index (χ1v) is 10.2. The van der Waals surface area contributed by atoms with Crippen molar-refractivity contribution in [2.45, 2.75) is 0 Å². The Morgan fingerprint density at radius 1 is 1.03 bits per heavy atom. The van der Waals surface area contributed by atoms with E-state index < -0.39 is 27.1 Å². The van der Waals surface area contributed by atoms with Gasteiger partial charge in [-0.05, 0) is 14.1 Å². The van der Waals surface area contributed by atoms with E-state index in [1.165, 1.54) is 16.2 Å². The van der Waals surface area contributed by atoms with Crippen molar-refractivity contribution in [1.82, 2.24) is 9.88 Å². The first kappa shape index (κ1) is 24.1. The topological polar surface area (TPSA) is 141 Å². The molecule has 14 heteroatoms. The van der Waals surface area contributed by atoms with Crippen LogP contribution in [-0.2, 0) is 0 Å². The Morgan fingerprint density at radius 2 is 1.64 bits per heavy atom. The number of nitrogens with zero attached hydrogens (tertiary/aromatic N) is 5. The lowest BCUT2D eigenvalue weighted by atomic mass is 10.1. The van der Waals surface area contributed by atoms with Gasteiger partial charge in [0.15, 0.2) is 16.6 Å². The van der Waals surface area contributed by atoms with Crippen LogP contribution in [0.3, 0.4) is 0 Å². The molecule has 1 aliphatic heterocycles. The largest absolute Gasteiger partial charge is 0.454 e. The molecule has 0 radical (unpaired) electrons. The van der Waals surface area contributed by atoms with E-state index in [2.05, 4.69) is 4.98 Å². The lowest BCUT2D eigenvalue weighted by Crippen LogP contribution is -2.36. The van der Waals surface area contributed by atoms with E-state index in [-0.39, 0.29) is 31.3 Å². The van der Waals surface area contributed by atoms with Crippen LogP contribution in [0.4, 0.5) is 16.5 Å². The lowest BCUT2D eigenvalue weighted by Gasteiger charge is -2.22. The van der Waals surface area contributed by atoms with Crippen molar-refractivity contribution in [3.8, 4) is 11.5 Å². The predicted octanol–water partition coefficient (Wildman–Crippen LogP) is 3.47. The molecule has 0 N–H and O–H groups in total. The number of halogens is 1. The zero-order valence-corrected chi connectivity index (χ0v) is 19.1. The summed E-state index contributed by atoms with van der Waals surface area (Å²) in [6.07, 6.45) is 0. The molecule has 1 amide bonds. The van der Waals surface area contributed by atoms with Crippen molar-refractivity contribution >= 4 is 56.4 Å². The molecule has 4 rings (SSSR count). The second-order valence-electron chi connectivity index (χ2n) is 7.18. The number of aromatic nitrogens is 1. The number of rotatable bonds is 7. The molecule has 0 bridgehead atoms. The fourth-order valence-corrected chi connectivity index (χ4v) is 4.09. The standard InChI is InChI=1S/C19H17N5O7S.ClH/c1-21(2)3-4-22(18(25)11-5-12(23(26)27)7-13(6-11)24(28)29)19-20-14-8-15-16(31-10-30-15)9-17(14)32-19;/h5-9H,3-4,10H2,1-2H3;1H. The minimum atomic E-state index is -0.771. The highest BCUT2D eigenvalue weighted by Crippen LogP contribution is 2.40. The molecule has 0 atom stereocenters. The van der Waals surface area contributed by atoms with Gasteiger partial charge in [-0.25, -0.2) is 4.98 Å². The number of benzene rings is 2. The Hall–Kier alpha value is -3.55. The van der Waals surface area contributed by atoms with Crippen molar-refractivity contribution in [3.63, 3.8) is 0 Å². The molecule has 1 aliphatic rings. The van der Waals surface area contributed by atoms with E-state index in [4.69, 9.17) is 9.47 Å². The molecule has 1 aromatic heterocycles. The van der Waals surface area contributed by atoms with Gasteiger partial charge in [0.2, 0.25) is 6.79 Å². The quantitative estimate of drug-likeness (QED) is 0.355. The lowest BCUT2D eigenvalue weighted by molar-refractivity contribution is -0.394. The molecule has 2 aromatic carbocycles. The summed E-state index contributed by atoms with van der Waals surface area (Å²) in [5.41, 5.74) is -0.643. The summed E-state index contributed by atoms with van der Waals surface area (Å²) in [6.45, 7) is 0.814. The average Bonchev–Trinajstić information content (AvgIpc) is 3.36. The fraction of sp³-hybridized carbons (Fsp3) is 0.263. The summed E-state index contributed by atoms with van der Waals surface area (Å²) in [5.74, 6) is 0.501. The van der Waals surface area contributed by atoms with Crippen molar-refractivity contribution in [3.05, 3.63) is 56.1 Å². The Labute approximate surface area is 197 Å². The van der Waals surface area contributed by atoms with Crippen LogP contribution < -0.4 is 14.4 Å². The fourth-order valence-electron chi connectivity index (χ4n) is 3.09. The van der Waals surface area contributed by atoms with Gasteiger partial charge in [0.1, 0.15) is 0 Å². The molecule has 174 valence electrons. The van der Waals surface area contributed by atoms with Gasteiger partial charge in [0.05, 0.1) is 31.7 Å². The van der Waals surface area contributed by atoms with E-state index in [1.807, 2.05) is 19.0 Å². The maximum Gasteiger partial charge on any atom is 0.277 e. The number of hydrogen-bond acceptors (Lipinski definition) is 10. The van der Waals surface area contributed by atoms with Crippen molar-refractivity contribution in [1.29, 1.82) is 0 Å². The number of likely N-dealkylation sites (N-methyl/N-ethyl adjacent to an activating group) is 1. The highest BCUT2D eigenvalue weighted by Gasteiger charge is 2.27. The van der Waals surface area contributed by atoms with Crippen molar-refractivity contribution in [2.75, 3.05) is 38.9 Å². The van der Waals surface area contributed by atoms with Gasteiger partial charge in [0, 0.05) is 37.4 Å². The molecular formula is C19H18ClN5O7S. The number of carbonyl (C=O) groups excluding carboxylic acids is 1. The molecule has 33 heavy (non-hydrogen) atoms. The Balaban J connectivity index is 0.00000306. The molecule has 0 saturated heterocycles. The SMILES string of the molecule is CN(C)CCN(C(=O)c1cc([N+](=O)[O-])cc([N+](=O)[O-])c1)c1nc2cc3c(cc2s1)OCO3.Cl. The second-order valence-corrected chi connectivity index (χ2v) is 8.19. The number of thiazole rings is 1. The van der Waals surface area contributed by atoms with Gasteiger partial charge >= 0.3 is 0 Å². The summed E-state index contributed by atoms with van der Waals surface area (Å²) in [4.78, 5) is 42.1. The third-order valence-electron chi connectivity index (χ3n) is 4.69. The van der Waals surface area contributed by atoms with Crippen LogP contribution in [0.25, 0.3) is 10.2 Å². The maximum atomic E-state index is 13.4. The molecule has 0 aliphatic carbocycles. The highest BCUT2D eigenvalue weighted by atomic mass is 35.5. The van der Waals surface area contributed by atoms with Crippen LogP contribution in [0.5, 0.6) is 11.5 Å². The summed E-state index contributed by atoms with van der Waals surface area (Å²) in [6, 6.07) is 6.36. The number of amides is 1. The molecule has 3 aromatic rings. The van der Waals surface area contributed by atoms with Gasteiger partial charge < -0.3 is 14.4 Å². The van der Waals surface area contributed by atoms with Crippen molar-refractivity contribution in [2.24, 2.45) is 0 Å². The monoisotopic (exact) mass is 495 g/mol. The number of nitro groups is 2. The molecule has 0 saturated carbocycles. The molecule has 0 spiro atoms. The van der Waals surface area contributed by atoms with Crippen LogP contribution in [0.1, 0.15) is 10.4 Å². The first-order valence-electron chi connectivity index (χ1n) is 9.33. The van der Waals surface area contributed by atoms with Gasteiger partial charge in [0.25, 0.3) is 17.3 Å². The summed E-state index contributed by atoms with van der Waals surface area (Å²) in [7, 11) is 3.66. The number of hydrogen-bond donors (Lipinski definition) is 0. The predicted molar refractivity (Wildman–Crippen MR) is 123 cm³/mol. The van der Waals surface area contributed by atoms with E-state index in [1.54, 1.807) is 12.1 Å². The van der Waals surface area contributed by atoms with Crippen LogP contribution in [0.15, 0.2) is 30.3 Å². The smallest absolute Gasteiger partial charge is 0.277 e. The normalized spacial score (nSPS) is 12.0. The zero-order chi connectivity index (χ0) is 23.0. The molecular weight excluding hydrogens is 478 g/mol. The average molecular weight is 496 g/mol. The minimum Gasteiger partial charge on any atom is -0.454 e. The number of anilines is 1. The molecule has 12 nitrogen and oxygen atoms in total. The van der Waals surface area contributed by atoms with Crippen LogP contribution in [-0.4, -0.2) is 59.6 Å². The number of ether oxygens (including phenoxy) is 2.